The highest BCUT2D eigenvalue weighted by atomic mass is 79.9. The molecule has 2 aliphatic heterocycles. The lowest BCUT2D eigenvalue weighted by molar-refractivity contribution is -0.163. The molecule has 9 nitrogen and oxygen atoms in total. The van der Waals surface area contributed by atoms with E-state index in [2.05, 4.69) is 33.9 Å². The molecule has 0 bridgehead atoms. The summed E-state index contributed by atoms with van der Waals surface area (Å²) in [5.41, 5.74) is -0.222. The second kappa shape index (κ2) is 10.3. The zero-order valence-electron chi connectivity index (χ0n) is 20.3. The summed E-state index contributed by atoms with van der Waals surface area (Å²) in [6.45, 7) is 4.20. The van der Waals surface area contributed by atoms with Gasteiger partial charge in [0.15, 0.2) is 18.1 Å². The van der Waals surface area contributed by atoms with E-state index in [1.165, 1.54) is 11.8 Å². The van der Waals surface area contributed by atoms with Gasteiger partial charge in [-0.05, 0) is 38.5 Å². The maximum atomic E-state index is 13.4. The molecule has 3 atom stereocenters. The fourth-order valence-corrected chi connectivity index (χ4v) is 5.29. The van der Waals surface area contributed by atoms with Crippen molar-refractivity contribution in [1.29, 1.82) is 0 Å². The molecular weight excluding hydrogens is 562 g/mol. The SMILES string of the molecule is CC(O)=C(C(=O)OCC(=O)c1ccc(Br)cc1)N1C(=O)C(N2C(=O)C(c3ccccc3)NC2(C)C)C1S. The van der Waals surface area contributed by atoms with Crippen LogP contribution in [0.25, 0.3) is 0 Å². The average Bonchev–Trinajstić information content (AvgIpc) is 3.10. The number of esters is 1. The summed E-state index contributed by atoms with van der Waals surface area (Å²) in [7, 11) is 0. The molecule has 0 aromatic heterocycles. The molecule has 0 radical (unpaired) electrons. The van der Waals surface area contributed by atoms with Gasteiger partial charge in [-0.25, -0.2) is 4.79 Å². The molecule has 3 unspecified atom stereocenters. The number of aliphatic hydroxyl groups is 1. The molecule has 194 valence electrons. The minimum Gasteiger partial charge on any atom is -0.510 e. The topological polar surface area (TPSA) is 116 Å². The van der Waals surface area contributed by atoms with Crippen LogP contribution in [0, 0.1) is 0 Å². The number of aliphatic hydroxyl groups excluding tert-OH is 1. The third-order valence-corrected chi connectivity index (χ3v) is 7.35. The van der Waals surface area contributed by atoms with Gasteiger partial charge in [0, 0.05) is 10.0 Å². The number of rotatable bonds is 7. The van der Waals surface area contributed by atoms with Gasteiger partial charge in [-0.1, -0.05) is 58.4 Å². The van der Waals surface area contributed by atoms with E-state index in [0.29, 0.717) is 5.56 Å². The number of Topliss-reactive ketones (excluding diaryl/α,β-unsaturated/α-hetero) is 1. The molecule has 2 amide bonds. The summed E-state index contributed by atoms with van der Waals surface area (Å²) in [6, 6.07) is 14.0. The monoisotopic (exact) mass is 587 g/mol. The molecule has 0 spiro atoms. The minimum absolute atomic E-state index is 0.304. The van der Waals surface area contributed by atoms with Crippen molar-refractivity contribution < 1.29 is 29.0 Å². The first-order chi connectivity index (χ1) is 17.4. The lowest BCUT2D eigenvalue weighted by Gasteiger charge is -2.51. The number of carbonyl (C=O) groups is 4. The molecule has 2 heterocycles. The van der Waals surface area contributed by atoms with Crippen molar-refractivity contribution >= 4 is 52.1 Å². The predicted molar refractivity (Wildman–Crippen MR) is 141 cm³/mol. The molecule has 2 aromatic rings. The smallest absolute Gasteiger partial charge is 0.359 e. The number of halogens is 1. The Hall–Kier alpha value is -3.15. The van der Waals surface area contributed by atoms with Crippen LogP contribution in [0.15, 0.2) is 70.5 Å². The van der Waals surface area contributed by atoms with Crippen molar-refractivity contribution in [2.24, 2.45) is 0 Å². The third-order valence-electron chi connectivity index (χ3n) is 6.31. The van der Waals surface area contributed by atoms with Gasteiger partial charge in [0.1, 0.15) is 23.2 Å². The van der Waals surface area contributed by atoms with Crippen LogP contribution in [0.2, 0.25) is 0 Å². The summed E-state index contributed by atoms with van der Waals surface area (Å²) in [4.78, 5) is 54.3. The molecule has 2 saturated heterocycles. The zero-order valence-corrected chi connectivity index (χ0v) is 22.8. The highest BCUT2D eigenvalue weighted by molar-refractivity contribution is 9.10. The maximum Gasteiger partial charge on any atom is 0.359 e. The Morgan fingerprint density at radius 1 is 1.08 bits per heavy atom. The molecule has 0 aliphatic carbocycles. The lowest BCUT2D eigenvalue weighted by Crippen LogP contribution is -2.72. The quantitative estimate of drug-likeness (QED) is 0.114. The number of β-lactam (4-membered cyclic amide) rings is 1. The fraction of sp³-hybridized carbons (Fsp3) is 0.308. The van der Waals surface area contributed by atoms with Crippen molar-refractivity contribution in [1.82, 2.24) is 15.1 Å². The van der Waals surface area contributed by atoms with Crippen LogP contribution in [0.4, 0.5) is 0 Å². The standard InChI is InChI=1S/C26H26BrN3O6S/c1-14(31)20(25(35)36-13-18(32)15-9-11-17(27)12-10-15)29-23(34)21(24(29)37)30-22(33)19(28-26(30,2)3)16-7-5-4-6-8-16/h4-12,19,21,24,28,31,37H,13H2,1-3H3. The number of carbonyl (C=O) groups excluding carboxylic acids is 4. The summed E-state index contributed by atoms with van der Waals surface area (Å²) in [6.07, 6.45) is 0. The molecule has 2 aliphatic rings. The Labute approximate surface area is 228 Å². The van der Waals surface area contributed by atoms with E-state index in [1.54, 1.807) is 38.1 Å². The van der Waals surface area contributed by atoms with Crippen LogP contribution < -0.4 is 5.32 Å². The van der Waals surface area contributed by atoms with Crippen LogP contribution in [-0.2, 0) is 19.1 Å². The first-order valence-electron chi connectivity index (χ1n) is 11.5. The number of allylic oxidation sites excluding steroid dienone is 1. The first-order valence-corrected chi connectivity index (χ1v) is 12.8. The zero-order chi connectivity index (χ0) is 27.1. The van der Waals surface area contributed by atoms with Crippen molar-refractivity contribution in [2.45, 2.75) is 43.9 Å². The molecule has 2 fully saturated rings. The van der Waals surface area contributed by atoms with Gasteiger partial charge >= 0.3 is 5.97 Å². The van der Waals surface area contributed by atoms with Crippen LogP contribution in [0.5, 0.6) is 0 Å². The van der Waals surface area contributed by atoms with Crippen molar-refractivity contribution in [3.05, 3.63) is 81.7 Å². The van der Waals surface area contributed by atoms with Gasteiger partial charge in [0.05, 0.1) is 5.66 Å². The normalized spacial score (nSPS) is 23.4. The van der Waals surface area contributed by atoms with E-state index < -0.39 is 58.8 Å². The number of benzene rings is 2. The molecule has 2 aromatic carbocycles. The molecular formula is C26H26BrN3O6S. The number of thiol groups is 1. The largest absolute Gasteiger partial charge is 0.510 e. The number of nitrogens with one attached hydrogen (secondary N) is 1. The number of nitrogens with zero attached hydrogens (tertiary/aromatic N) is 2. The summed E-state index contributed by atoms with van der Waals surface area (Å²) in [5.74, 6) is -2.88. The van der Waals surface area contributed by atoms with Gasteiger partial charge < -0.3 is 14.7 Å². The Balaban J connectivity index is 1.49. The van der Waals surface area contributed by atoms with E-state index in [1.807, 2.05) is 30.3 Å². The van der Waals surface area contributed by atoms with Gasteiger partial charge in [0.25, 0.3) is 5.91 Å². The van der Waals surface area contributed by atoms with Gasteiger partial charge in [0.2, 0.25) is 5.91 Å². The van der Waals surface area contributed by atoms with Crippen molar-refractivity contribution in [3.8, 4) is 0 Å². The lowest BCUT2D eigenvalue weighted by atomic mass is 10.00. The Morgan fingerprint density at radius 3 is 2.27 bits per heavy atom. The number of amides is 2. The third kappa shape index (κ3) is 5.03. The van der Waals surface area contributed by atoms with Crippen molar-refractivity contribution in [2.75, 3.05) is 6.61 Å². The first kappa shape index (κ1) is 26.9. The number of likely N-dealkylation sites (tertiary alicyclic amines) is 1. The Bertz CT molecular complexity index is 1280. The Morgan fingerprint density at radius 2 is 1.70 bits per heavy atom. The molecule has 37 heavy (non-hydrogen) atoms. The predicted octanol–water partition coefficient (Wildman–Crippen LogP) is 3.34. The minimum atomic E-state index is -1.05. The van der Waals surface area contributed by atoms with Crippen LogP contribution in [-0.4, -0.2) is 62.2 Å². The number of ketones is 1. The Kier molecular flexibility index (Phi) is 7.50. The van der Waals surface area contributed by atoms with Crippen LogP contribution in [0.1, 0.15) is 42.7 Å². The van der Waals surface area contributed by atoms with E-state index in [9.17, 15) is 24.3 Å². The highest BCUT2D eigenvalue weighted by Crippen LogP contribution is 2.40. The van der Waals surface area contributed by atoms with E-state index in [4.69, 9.17) is 4.74 Å². The van der Waals surface area contributed by atoms with Gasteiger partial charge in [-0.15, -0.1) is 0 Å². The molecule has 0 saturated carbocycles. The van der Waals surface area contributed by atoms with Crippen LogP contribution in [0.3, 0.4) is 0 Å². The van der Waals surface area contributed by atoms with E-state index in [-0.39, 0.29) is 5.91 Å². The molecule has 11 heteroatoms. The summed E-state index contributed by atoms with van der Waals surface area (Å²) < 4.78 is 5.91. The summed E-state index contributed by atoms with van der Waals surface area (Å²) >= 11 is 7.79. The summed E-state index contributed by atoms with van der Waals surface area (Å²) in [5, 5.41) is 12.6. The van der Waals surface area contributed by atoms with Gasteiger partial charge in [-0.2, -0.15) is 12.6 Å². The highest BCUT2D eigenvalue weighted by Gasteiger charge is 2.60. The fourth-order valence-electron chi connectivity index (χ4n) is 4.54. The number of hydrogen-bond donors (Lipinski definition) is 3. The number of ether oxygens (including phenoxy) is 1. The molecule has 4 rings (SSSR count). The van der Waals surface area contributed by atoms with Gasteiger partial charge in [-0.3, -0.25) is 24.6 Å². The van der Waals surface area contributed by atoms with E-state index >= 15 is 0 Å². The second-order valence-corrected chi connectivity index (χ2v) is 10.7. The van der Waals surface area contributed by atoms with E-state index in [0.717, 1.165) is 14.9 Å². The average molecular weight is 588 g/mol. The molecule has 2 N–H and O–H groups in total. The van der Waals surface area contributed by atoms with Crippen molar-refractivity contribution in [3.63, 3.8) is 0 Å². The second-order valence-electron chi connectivity index (χ2n) is 9.26. The van der Waals surface area contributed by atoms with Crippen LogP contribution >= 0.6 is 28.6 Å². The maximum absolute atomic E-state index is 13.4. The number of hydrogen-bond acceptors (Lipinski definition) is 8.